The molecular weight excluding hydrogens is 198 g/mol. The number of rotatable bonds is 7. The number of hydrogen-bond donors (Lipinski definition) is 1. The van der Waals surface area contributed by atoms with Gasteiger partial charge in [0, 0.05) is 32.3 Å². The highest BCUT2D eigenvalue weighted by Gasteiger charge is 2.16. The van der Waals surface area contributed by atoms with Gasteiger partial charge in [-0.25, -0.2) is 0 Å². The molecule has 0 atom stereocenters. The smallest absolute Gasteiger partial charge is 0.0467 e. The number of nitrogens with one attached hydrogen (secondary N) is 1. The average Bonchev–Trinajstić information content (AvgIpc) is 2.14. The van der Waals surface area contributed by atoms with E-state index >= 15 is 0 Å². The molecule has 0 fully saturated rings. The summed E-state index contributed by atoms with van der Waals surface area (Å²) in [6.45, 7) is 9.15. The Kier molecular flexibility index (Phi) is 7.24. The Morgan fingerprint density at radius 3 is 2.64 bits per heavy atom. The van der Waals surface area contributed by atoms with Crippen LogP contribution in [0.3, 0.4) is 0 Å². The second kappa shape index (κ2) is 7.27. The molecule has 0 rings (SSSR count). The summed E-state index contributed by atoms with van der Waals surface area (Å²) in [5.41, 5.74) is 3.06. The van der Waals surface area contributed by atoms with Crippen molar-refractivity contribution >= 4 is 11.6 Å². The van der Waals surface area contributed by atoms with Crippen LogP contribution in [-0.2, 0) is 4.74 Å². The first-order valence-electron chi connectivity index (χ1n) is 4.97. The van der Waals surface area contributed by atoms with Gasteiger partial charge in [-0.3, -0.25) is 0 Å². The third-order valence-electron chi connectivity index (χ3n) is 2.18. The van der Waals surface area contributed by atoms with Crippen LogP contribution in [0, 0.1) is 5.41 Å². The second-order valence-corrected chi connectivity index (χ2v) is 4.68. The van der Waals surface area contributed by atoms with Gasteiger partial charge in [-0.1, -0.05) is 25.4 Å². The van der Waals surface area contributed by atoms with Gasteiger partial charge >= 0.3 is 0 Å². The summed E-state index contributed by atoms with van der Waals surface area (Å²) < 4.78 is 5.07. The third kappa shape index (κ3) is 7.36. The lowest BCUT2D eigenvalue weighted by Crippen LogP contribution is -2.31. The van der Waals surface area contributed by atoms with Gasteiger partial charge in [-0.15, -0.1) is 0 Å². The Bertz CT molecular complexity index is 178. The maximum Gasteiger partial charge on any atom is 0.0467 e. The standard InChI is InChI=1S/C11H22ClNO/c1-10(7-12)8-13-9-11(2,3)5-6-14-4/h7,13H,5-6,8-9H2,1-4H3. The molecule has 0 aromatic heterocycles. The van der Waals surface area contributed by atoms with E-state index in [9.17, 15) is 0 Å². The van der Waals surface area contributed by atoms with Crippen molar-refractivity contribution in [3.8, 4) is 0 Å². The predicted molar refractivity (Wildman–Crippen MR) is 62.8 cm³/mol. The van der Waals surface area contributed by atoms with Crippen molar-refractivity contribution in [3.63, 3.8) is 0 Å². The van der Waals surface area contributed by atoms with Crippen LogP contribution in [0.5, 0.6) is 0 Å². The van der Waals surface area contributed by atoms with Gasteiger partial charge in [0.05, 0.1) is 0 Å². The summed E-state index contributed by atoms with van der Waals surface area (Å²) in [6, 6.07) is 0. The molecule has 0 heterocycles. The van der Waals surface area contributed by atoms with E-state index in [4.69, 9.17) is 16.3 Å². The van der Waals surface area contributed by atoms with Crippen molar-refractivity contribution in [1.82, 2.24) is 5.32 Å². The summed E-state index contributed by atoms with van der Waals surface area (Å²) in [5.74, 6) is 0. The zero-order valence-corrected chi connectivity index (χ0v) is 10.4. The molecule has 0 bridgehead atoms. The summed E-state index contributed by atoms with van der Waals surface area (Å²) in [5, 5.41) is 3.38. The van der Waals surface area contributed by atoms with E-state index in [0.717, 1.165) is 31.7 Å². The van der Waals surface area contributed by atoms with Crippen LogP contribution in [0.25, 0.3) is 0 Å². The Labute approximate surface area is 92.7 Å². The molecule has 0 aliphatic heterocycles. The fraction of sp³-hybridized carbons (Fsp3) is 0.818. The van der Waals surface area contributed by atoms with Crippen LogP contribution in [0.1, 0.15) is 27.2 Å². The zero-order valence-electron chi connectivity index (χ0n) is 9.69. The average molecular weight is 220 g/mol. The van der Waals surface area contributed by atoms with E-state index in [1.807, 2.05) is 6.92 Å². The van der Waals surface area contributed by atoms with E-state index in [2.05, 4.69) is 19.2 Å². The number of ether oxygens (including phenoxy) is 1. The Morgan fingerprint density at radius 1 is 1.50 bits per heavy atom. The molecule has 0 saturated carbocycles. The fourth-order valence-electron chi connectivity index (χ4n) is 1.10. The molecule has 0 saturated heterocycles. The normalized spacial score (nSPS) is 13.4. The minimum Gasteiger partial charge on any atom is -0.385 e. The maximum absolute atomic E-state index is 5.56. The summed E-state index contributed by atoms with van der Waals surface area (Å²) in [7, 11) is 1.74. The van der Waals surface area contributed by atoms with Crippen molar-refractivity contribution < 1.29 is 4.74 Å². The lowest BCUT2D eigenvalue weighted by molar-refractivity contribution is 0.151. The molecule has 14 heavy (non-hydrogen) atoms. The Balaban J connectivity index is 3.64. The maximum atomic E-state index is 5.56. The van der Waals surface area contributed by atoms with Crippen molar-refractivity contribution in [2.75, 3.05) is 26.8 Å². The van der Waals surface area contributed by atoms with Crippen molar-refractivity contribution in [2.24, 2.45) is 5.41 Å². The zero-order chi connectivity index (χ0) is 11.0. The third-order valence-corrected chi connectivity index (χ3v) is 2.55. The van der Waals surface area contributed by atoms with Gasteiger partial charge in [0.1, 0.15) is 0 Å². The molecule has 84 valence electrons. The Hall–Kier alpha value is -0.0500. The van der Waals surface area contributed by atoms with Crippen molar-refractivity contribution in [3.05, 3.63) is 11.1 Å². The minimum absolute atomic E-state index is 0.280. The molecule has 0 aliphatic rings. The van der Waals surface area contributed by atoms with Crippen LogP contribution in [0.2, 0.25) is 0 Å². The van der Waals surface area contributed by atoms with E-state index < -0.39 is 0 Å². The summed E-state index contributed by atoms with van der Waals surface area (Å²) >= 11 is 5.56. The molecule has 0 aliphatic carbocycles. The summed E-state index contributed by atoms with van der Waals surface area (Å²) in [6.07, 6.45) is 1.07. The number of halogens is 1. The van der Waals surface area contributed by atoms with Gasteiger partial charge in [-0.05, 0) is 24.3 Å². The molecule has 2 nitrogen and oxygen atoms in total. The van der Waals surface area contributed by atoms with Crippen LogP contribution in [-0.4, -0.2) is 26.8 Å². The first kappa shape index (κ1) is 13.9. The lowest BCUT2D eigenvalue weighted by atomic mass is 9.90. The largest absolute Gasteiger partial charge is 0.385 e. The monoisotopic (exact) mass is 219 g/mol. The van der Waals surface area contributed by atoms with Crippen molar-refractivity contribution in [2.45, 2.75) is 27.2 Å². The molecule has 0 unspecified atom stereocenters. The molecular formula is C11H22ClNO. The molecule has 3 heteroatoms. The van der Waals surface area contributed by atoms with Crippen LogP contribution >= 0.6 is 11.6 Å². The highest BCUT2D eigenvalue weighted by atomic mass is 35.5. The quantitative estimate of drug-likeness (QED) is 0.711. The highest BCUT2D eigenvalue weighted by molar-refractivity contribution is 6.25. The van der Waals surface area contributed by atoms with Gasteiger partial charge in [0.15, 0.2) is 0 Å². The SMILES string of the molecule is COCCC(C)(C)CNCC(C)=CCl. The van der Waals surface area contributed by atoms with Gasteiger partial charge in [0.25, 0.3) is 0 Å². The molecule has 0 spiro atoms. The van der Waals surface area contributed by atoms with Crippen molar-refractivity contribution in [1.29, 1.82) is 0 Å². The van der Waals surface area contributed by atoms with Crippen LogP contribution in [0.15, 0.2) is 11.1 Å². The fourth-order valence-corrected chi connectivity index (χ4v) is 1.18. The summed E-state index contributed by atoms with van der Waals surface area (Å²) in [4.78, 5) is 0. The first-order chi connectivity index (χ1) is 6.52. The Morgan fingerprint density at radius 2 is 2.14 bits per heavy atom. The molecule has 0 aromatic rings. The van der Waals surface area contributed by atoms with E-state index in [-0.39, 0.29) is 5.41 Å². The van der Waals surface area contributed by atoms with Gasteiger partial charge < -0.3 is 10.1 Å². The molecule has 0 aromatic carbocycles. The highest BCUT2D eigenvalue weighted by Crippen LogP contribution is 2.18. The number of hydrogen-bond acceptors (Lipinski definition) is 2. The van der Waals surface area contributed by atoms with Crippen LogP contribution in [0.4, 0.5) is 0 Å². The van der Waals surface area contributed by atoms with Crippen LogP contribution < -0.4 is 5.32 Å². The predicted octanol–water partition coefficient (Wildman–Crippen LogP) is 2.78. The second-order valence-electron chi connectivity index (χ2n) is 4.47. The number of methoxy groups -OCH3 is 1. The molecule has 1 N–H and O–H groups in total. The first-order valence-corrected chi connectivity index (χ1v) is 5.41. The topological polar surface area (TPSA) is 21.3 Å². The van der Waals surface area contributed by atoms with E-state index in [0.29, 0.717) is 0 Å². The molecule has 0 radical (unpaired) electrons. The lowest BCUT2D eigenvalue weighted by Gasteiger charge is -2.24. The van der Waals surface area contributed by atoms with E-state index in [1.165, 1.54) is 0 Å². The molecule has 0 amide bonds. The van der Waals surface area contributed by atoms with Gasteiger partial charge in [-0.2, -0.15) is 0 Å². The minimum atomic E-state index is 0.280. The van der Waals surface area contributed by atoms with Gasteiger partial charge in [0.2, 0.25) is 0 Å². The van der Waals surface area contributed by atoms with E-state index in [1.54, 1.807) is 12.6 Å².